The van der Waals surface area contributed by atoms with E-state index in [0.29, 0.717) is 5.56 Å². The van der Waals surface area contributed by atoms with Crippen molar-refractivity contribution in [3.63, 3.8) is 0 Å². The molecule has 0 aliphatic carbocycles. The minimum absolute atomic E-state index is 0.221. The summed E-state index contributed by atoms with van der Waals surface area (Å²) in [4.78, 5) is 11.3. The zero-order valence-corrected chi connectivity index (χ0v) is 8.86. The van der Waals surface area contributed by atoms with Crippen LogP contribution >= 0.6 is 22.6 Å². The Balaban J connectivity index is 2.66. The first-order chi connectivity index (χ1) is 6.24. The summed E-state index contributed by atoms with van der Waals surface area (Å²) in [5.41, 5.74) is 0.569. The van der Waals surface area contributed by atoms with Gasteiger partial charge in [-0.25, -0.2) is 0 Å². The normalized spacial score (nSPS) is 11.4. The Bertz CT molecular complexity index is 331. The van der Waals surface area contributed by atoms with Crippen LogP contribution in [0.5, 0.6) is 0 Å². The summed E-state index contributed by atoms with van der Waals surface area (Å²) >= 11 is 1.85. The highest BCUT2D eigenvalue weighted by Gasteiger charge is 2.08. The summed E-state index contributed by atoms with van der Waals surface area (Å²) in [6, 6.07) is 10.7. The van der Waals surface area contributed by atoms with Gasteiger partial charge >= 0.3 is 0 Å². The van der Waals surface area contributed by atoms with Gasteiger partial charge in [0.15, 0.2) is 4.05 Å². The van der Waals surface area contributed by atoms with E-state index in [1.807, 2.05) is 34.7 Å². The van der Waals surface area contributed by atoms with E-state index in [-0.39, 0.29) is 5.91 Å². The molecule has 0 aliphatic heterocycles. The third-order valence-electron chi connectivity index (χ3n) is 1.41. The fourth-order valence-electron chi connectivity index (χ4n) is 0.820. The Kier molecular flexibility index (Phi) is 3.71. The third kappa shape index (κ3) is 3.03. The van der Waals surface area contributed by atoms with Crippen molar-refractivity contribution in [2.45, 2.75) is 4.05 Å². The summed E-state index contributed by atoms with van der Waals surface area (Å²) in [6.07, 6.45) is 0. The average molecular weight is 286 g/mol. The van der Waals surface area contributed by atoms with Crippen LogP contribution in [0.1, 0.15) is 10.4 Å². The van der Waals surface area contributed by atoms with Gasteiger partial charge in [0.2, 0.25) is 0 Å². The topological polar surface area (TPSA) is 52.9 Å². The molecule has 1 atom stereocenters. The van der Waals surface area contributed by atoms with Crippen LogP contribution in [-0.2, 0) is 0 Å². The molecule has 66 valence electrons. The molecule has 0 bridgehead atoms. The Morgan fingerprint density at radius 1 is 1.46 bits per heavy atom. The van der Waals surface area contributed by atoms with Crippen molar-refractivity contribution < 1.29 is 4.79 Å². The number of nitrogens with one attached hydrogen (secondary N) is 1. The van der Waals surface area contributed by atoms with Gasteiger partial charge in [-0.3, -0.25) is 4.79 Å². The minimum atomic E-state index is -0.481. The quantitative estimate of drug-likeness (QED) is 0.511. The number of nitrogens with zero attached hydrogens (tertiary/aromatic N) is 1. The van der Waals surface area contributed by atoms with Crippen LogP contribution in [0.15, 0.2) is 30.3 Å². The van der Waals surface area contributed by atoms with E-state index in [1.165, 1.54) is 0 Å². The van der Waals surface area contributed by atoms with E-state index in [2.05, 4.69) is 5.32 Å². The molecule has 1 aromatic rings. The van der Waals surface area contributed by atoms with Crippen molar-refractivity contribution >= 4 is 28.5 Å². The van der Waals surface area contributed by atoms with Crippen molar-refractivity contribution in [3.05, 3.63) is 35.9 Å². The number of amides is 1. The molecule has 0 spiro atoms. The van der Waals surface area contributed by atoms with Crippen LogP contribution in [0.25, 0.3) is 0 Å². The number of rotatable bonds is 2. The monoisotopic (exact) mass is 286 g/mol. The molecule has 0 saturated carbocycles. The molecule has 13 heavy (non-hydrogen) atoms. The molecule has 1 rings (SSSR count). The largest absolute Gasteiger partial charge is 0.328 e. The molecular weight excluding hydrogens is 279 g/mol. The maximum atomic E-state index is 11.3. The first-order valence-electron chi connectivity index (χ1n) is 3.63. The standard InChI is InChI=1S/C9H7IN2O/c10-8(6-11)12-9(13)7-4-2-1-3-5-7/h1-5,8H,(H,12,13). The van der Waals surface area contributed by atoms with Gasteiger partial charge in [-0.15, -0.1) is 0 Å². The number of nitriles is 1. The molecule has 4 heteroatoms. The van der Waals surface area contributed by atoms with E-state index in [4.69, 9.17) is 5.26 Å². The Hall–Kier alpha value is -1.09. The first kappa shape index (κ1) is 9.99. The van der Waals surface area contributed by atoms with Crippen LogP contribution in [0.2, 0.25) is 0 Å². The smallest absolute Gasteiger partial charge is 0.252 e. The second-order valence-electron chi connectivity index (χ2n) is 2.33. The molecular formula is C9H7IN2O. The number of hydrogen-bond acceptors (Lipinski definition) is 2. The van der Waals surface area contributed by atoms with Crippen molar-refractivity contribution in [2.75, 3.05) is 0 Å². The summed E-state index contributed by atoms with van der Waals surface area (Å²) in [5.74, 6) is -0.221. The lowest BCUT2D eigenvalue weighted by molar-refractivity contribution is 0.0956. The van der Waals surface area contributed by atoms with Crippen molar-refractivity contribution in [3.8, 4) is 6.07 Å². The van der Waals surface area contributed by atoms with Crippen LogP contribution in [-0.4, -0.2) is 9.96 Å². The lowest BCUT2D eigenvalue weighted by Gasteiger charge is -2.03. The van der Waals surface area contributed by atoms with Gasteiger partial charge in [0, 0.05) is 5.56 Å². The van der Waals surface area contributed by atoms with Gasteiger partial charge in [0.1, 0.15) is 0 Å². The molecule has 1 unspecified atom stereocenters. The molecule has 0 saturated heterocycles. The molecule has 0 fully saturated rings. The first-order valence-corrected chi connectivity index (χ1v) is 4.88. The highest BCUT2D eigenvalue weighted by molar-refractivity contribution is 14.1. The zero-order valence-electron chi connectivity index (χ0n) is 6.70. The second-order valence-corrected chi connectivity index (χ2v) is 3.58. The number of alkyl halides is 1. The van der Waals surface area contributed by atoms with E-state index < -0.39 is 4.05 Å². The van der Waals surface area contributed by atoms with Gasteiger partial charge in [0.25, 0.3) is 5.91 Å². The third-order valence-corrected chi connectivity index (χ3v) is 2.00. The summed E-state index contributed by atoms with van der Waals surface area (Å²) in [6.45, 7) is 0. The number of carbonyl (C=O) groups is 1. The lowest BCUT2D eigenvalue weighted by atomic mass is 10.2. The van der Waals surface area contributed by atoms with Gasteiger partial charge in [-0.05, 0) is 34.7 Å². The van der Waals surface area contributed by atoms with Gasteiger partial charge in [0.05, 0.1) is 6.07 Å². The number of carbonyl (C=O) groups excluding carboxylic acids is 1. The Morgan fingerprint density at radius 2 is 2.08 bits per heavy atom. The van der Waals surface area contributed by atoms with Crippen LogP contribution < -0.4 is 5.32 Å². The fourth-order valence-corrected chi connectivity index (χ4v) is 1.10. The second kappa shape index (κ2) is 4.82. The van der Waals surface area contributed by atoms with E-state index >= 15 is 0 Å². The zero-order chi connectivity index (χ0) is 9.68. The molecule has 3 nitrogen and oxygen atoms in total. The highest BCUT2D eigenvalue weighted by atomic mass is 127. The van der Waals surface area contributed by atoms with E-state index in [1.54, 1.807) is 24.3 Å². The average Bonchev–Trinajstić information content (AvgIpc) is 2.19. The maximum absolute atomic E-state index is 11.3. The number of halogens is 1. The molecule has 0 aromatic heterocycles. The predicted molar refractivity (Wildman–Crippen MR) is 57.3 cm³/mol. The van der Waals surface area contributed by atoms with Gasteiger partial charge < -0.3 is 5.32 Å². The van der Waals surface area contributed by atoms with Crippen molar-refractivity contribution in [2.24, 2.45) is 0 Å². The van der Waals surface area contributed by atoms with E-state index in [0.717, 1.165) is 0 Å². The van der Waals surface area contributed by atoms with Crippen molar-refractivity contribution in [1.29, 1.82) is 5.26 Å². The summed E-state index contributed by atoms with van der Waals surface area (Å²) < 4.78 is -0.481. The van der Waals surface area contributed by atoms with Crippen molar-refractivity contribution in [1.82, 2.24) is 5.32 Å². The molecule has 0 radical (unpaired) electrons. The molecule has 1 N–H and O–H groups in total. The van der Waals surface area contributed by atoms with Crippen LogP contribution in [0, 0.1) is 11.3 Å². The maximum Gasteiger partial charge on any atom is 0.252 e. The van der Waals surface area contributed by atoms with Gasteiger partial charge in [-0.1, -0.05) is 18.2 Å². The minimum Gasteiger partial charge on any atom is -0.328 e. The highest BCUT2D eigenvalue weighted by Crippen LogP contribution is 2.00. The van der Waals surface area contributed by atoms with Crippen LogP contribution in [0.4, 0.5) is 0 Å². The Labute approximate surface area is 89.9 Å². The molecule has 0 heterocycles. The predicted octanol–water partition coefficient (Wildman–Crippen LogP) is 1.70. The fraction of sp³-hybridized carbons (Fsp3) is 0.111. The molecule has 1 aromatic carbocycles. The van der Waals surface area contributed by atoms with E-state index in [9.17, 15) is 4.79 Å². The number of hydrogen-bond donors (Lipinski definition) is 1. The SMILES string of the molecule is N#CC(I)NC(=O)c1ccccc1. The Morgan fingerprint density at radius 3 is 2.62 bits per heavy atom. The lowest BCUT2D eigenvalue weighted by Crippen LogP contribution is -2.29. The molecule has 1 amide bonds. The summed E-state index contributed by atoms with van der Waals surface area (Å²) in [7, 11) is 0. The van der Waals surface area contributed by atoms with Gasteiger partial charge in [-0.2, -0.15) is 5.26 Å². The molecule has 0 aliphatic rings. The number of benzene rings is 1. The summed E-state index contributed by atoms with van der Waals surface area (Å²) in [5, 5.41) is 11.0. The van der Waals surface area contributed by atoms with Crippen LogP contribution in [0.3, 0.4) is 0 Å².